The van der Waals surface area contributed by atoms with E-state index in [0.717, 1.165) is 19.3 Å². The molecule has 0 aromatic rings. The zero-order valence-corrected chi connectivity index (χ0v) is 18.6. The van der Waals surface area contributed by atoms with Crippen molar-refractivity contribution in [2.45, 2.75) is 122 Å². The summed E-state index contributed by atoms with van der Waals surface area (Å²) in [5.41, 5.74) is 0. The maximum Gasteiger partial charge on any atom is 0.333 e. The molecule has 0 radical (unpaired) electrons. The third kappa shape index (κ3) is 25.6. The lowest BCUT2D eigenvalue weighted by atomic mass is 10.1. The summed E-state index contributed by atoms with van der Waals surface area (Å²) in [6.45, 7) is 2.48. The topological polar surface area (TPSA) is 69.4 Å². The first kappa shape index (κ1) is 26.6. The van der Waals surface area contributed by atoms with E-state index >= 15 is 0 Å². The molecule has 0 saturated heterocycles. The van der Waals surface area contributed by atoms with Gasteiger partial charge in [0.2, 0.25) is 0 Å². The average molecular weight is 404 g/mol. The van der Waals surface area contributed by atoms with Gasteiger partial charge in [-0.1, -0.05) is 103 Å². The Morgan fingerprint density at radius 1 is 0.630 bits per heavy atom. The van der Waals surface area contributed by atoms with E-state index in [-0.39, 0.29) is 6.61 Å². The first-order chi connectivity index (χ1) is 13.1. The molecule has 0 aliphatic carbocycles. The van der Waals surface area contributed by atoms with Crippen molar-refractivity contribution in [2.75, 3.05) is 6.61 Å². The molecule has 0 spiro atoms. The Hall–Kier alpha value is -0.390. The van der Waals surface area contributed by atoms with E-state index in [2.05, 4.69) is 23.3 Å². The van der Waals surface area contributed by atoms with Gasteiger partial charge in [-0.15, -0.1) is 0 Å². The molecule has 0 bridgehead atoms. The lowest BCUT2D eigenvalue weighted by Crippen LogP contribution is -2.16. The summed E-state index contributed by atoms with van der Waals surface area (Å²) < 4.78 is 25.7. The minimum atomic E-state index is -3.75. The fraction of sp³-hybridized carbons (Fsp3) is 0.909. The van der Waals surface area contributed by atoms with Crippen LogP contribution in [0.4, 0.5) is 0 Å². The van der Waals surface area contributed by atoms with Crippen LogP contribution in [0.2, 0.25) is 0 Å². The summed E-state index contributed by atoms with van der Waals surface area (Å²) in [6, 6.07) is 0. The Morgan fingerprint density at radius 2 is 1.00 bits per heavy atom. The normalized spacial score (nSPS) is 12.2. The first-order valence-corrected chi connectivity index (χ1v) is 12.9. The van der Waals surface area contributed by atoms with Gasteiger partial charge in [0.15, 0.2) is 0 Å². The first-order valence-electron chi connectivity index (χ1n) is 11.4. The van der Waals surface area contributed by atoms with E-state index in [1.807, 2.05) is 0 Å². The highest BCUT2D eigenvalue weighted by atomic mass is 32.2. The van der Waals surface area contributed by atoms with E-state index < -0.39 is 10.3 Å². The van der Waals surface area contributed by atoms with E-state index in [0.29, 0.717) is 0 Å². The van der Waals surface area contributed by atoms with E-state index in [9.17, 15) is 8.42 Å². The Morgan fingerprint density at radius 3 is 1.41 bits per heavy atom. The van der Waals surface area contributed by atoms with Crippen molar-refractivity contribution in [1.82, 2.24) is 0 Å². The van der Waals surface area contributed by atoms with Crippen LogP contribution in [0.5, 0.6) is 0 Å². The SMILES string of the molecule is CCCCCCCCC=CCCCCCCCCCCCCOS(N)(=O)=O. The molecule has 0 aliphatic heterocycles. The monoisotopic (exact) mass is 403 g/mol. The molecule has 162 valence electrons. The summed E-state index contributed by atoms with van der Waals surface area (Å²) in [6.07, 6.45) is 27.7. The number of allylic oxidation sites excluding steroid dienone is 2. The van der Waals surface area contributed by atoms with Crippen LogP contribution in [0.3, 0.4) is 0 Å². The van der Waals surface area contributed by atoms with Crippen LogP contribution in [0.25, 0.3) is 0 Å². The van der Waals surface area contributed by atoms with Gasteiger partial charge in [0.25, 0.3) is 0 Å². The van der Waals surface area contributed by atoms with Crippen molar-refractivity contribution >= 4 is 10.3 Å². The minimum Gasteiger partial charge on any atom is -0.258 e. The molecular formula is C22H45NO3S. The van der Waals surface area contributed by atoms with Crippen molar-refractivity contribution in [3.8, 4) is 0 Å². The van der Waals surface area contributed by atoms with Gasteiger partial charge >= 0.3 is 10.3 Å². The third-order valence-electron chi connectivity index (χ3n) is 4.90. The average Bonchev–Trinajstić information content (AvgIpc) is 2.62. The van der Waals surface area contributed by atoms with Gasteiger partial charge < -0.3 is 0 Å². The molecule has 27 heavy (non-hydrogen) atoms. The van der Waals surface area contributed by atoms with Crippen molar-refractivity contribution in [3.05, 3.63) is 12.2 Å². The van der Waals surface area contributed by atoms with Crippen molar-refractivity contribution < 1.29 is 12.6 Å². The van der Waals surface area contributed by atoms with Crippen molar-refractivity contribution in [3.63, 3.8) is 0 Å². The van der Waals surface area contributed by atoms with Gasteiger partial charge in [0.05, 0.1) is 6.61 Å². The molecule has 0 heterocycles. The summed E-state index contributed by atoms with van der Waals surface area (Å²) >= 11 is 0. The largest absolute Gasteiger partial charge is 0.333 e. The van der Waals surface area contributed by atoms with Gasteiger partial charge in [-0.2, -0.15) is 8.42 Å². The van der Waals surface area contributed by atoms with Gasteiger partial charge in [-0.05, 0) is 32.1 Å². The molecule has 2 N–H and O–H groups in total. The number of nitrogens with two attached hydrogens (primary N) is 1. The lowest BCUT2D eigenvalue weighted by Gasteiger charge is -2.03. The predicted octanol–water partition coefficient (Wildman–Crippen LogP) is 6.80. The van der Waals surface area contributed by atoms with Crippen molar-refractivity contribution in [2.24, 2.45) is 5.14 Å². The highest BCUT2D eigenvalue weighted by Gasteiger charge is 2.00. The smallest absolute Gasteiger partial charge is 0.258 e. The molecule has 0 atom stereocenters. The summed E-state index contributed by atoms with van der Waals surface area (Å²) in [5, 5.41) is 4.77. The molecule has 4 nitrogen and oxygen atoms in total. The number of rotatable bonds is 21. The van der Waals surface area contributed by atoms with E-state index in [1.54, 1.807) is 0 Å². The van der Waals surface area contributed by atoms with Crippen LogP contribution in [0, 0.1) is 0 Å². The summed E-state index contributed by atoms with van der Waals surface area (Å²) in [4.78, 5) is 0. The molecule has 0 rings (SSSR count). The summed E-state index contributed by atoms with van der Waals surface area (Å²) in [5.74, 6) is 0. The second-order valence-electron chi connectivity index (χ2n) is 7.67. The molecule has 0 unspecified atom stereocenters. The third-order valence-corrected chi connectivity index (χ3v) is 5.40. The number of unbranched alkanes of at least 4 members (excludes halogenated alkanes) is 16. The van der Waals surface area contributed by atoms with Crippen molar-refractivity contribution in [1.29, 1.82) is 0 Å². The lowest BCUT2D eigenvalue weighted by molar-refractivity contribution is 0.306. The van der Waals surface area contributed by atoms with Gasteiger partial charge in [0.1, 0.15) is 0 Å². The van der Waals surface area contributed by atoms with E-state index in [4.69, 9.17) is 5.14 Å². The fourth-order valence-corrected chi connectivity index (χ4v) is 3.58. The Labute approximate surface area is 169 Å². The molecule has 0 amide bonds. The maximum absolute atomic E-state index is 10.6. The molecule has 0 fully saturated rings. The number of hydrogen-bond donors (Lipinski definition) is 1. The second kappa shape index (κ2) is 20.3. The molecule has 0 aromatic heterocycles. The Bertz CT molecular complexity index is 421. The van der Waals surface area contributed by atoms with Crippen LogP contribution in [0.15, 0.2) is 12.2 Å². The molecule has 0 saturated carbocycles. The van der Waals surface area contributed by atoms with Crippen LogP contribution < -0.4 is 5.14 Å². The Kier molecular flexibility index (Phi) is 20.1. The van der Waals surface area contributed by atoms with Crippen LogP contribution in [-0.2, 0) is 14.5 Å². The van der Waals surface area contributed by atoms with Crippen LogP contribution in [0.1, 0.15) is 122 Å². The second-order valence-corrected chi connectivity index (χ2v) is 8.89. The quantitative estimate of drug-likeness (QED) is 0.169. The zero-order valence-electron chi connectivity index (χ0n) is 17.8. The molecule has 0 aromatic carbocycles. The van der Waals surface area contributed by atoms with Gasteiger partial charge in [-0.3, -0.25) is 4.18 Å². The van der Waals surface area contributed by atoms with Crippen LogP contribution in [-0.4, -0.2) is 15.0 Å². The Balaban J connectivity index is 3.11. The van der Waals surface area contributed by atoms with Gasteiger partial charge in [0, 0.05) is 0 Å². The predicted molar refractivity (Wildman–Crippen MR) is 117 cm³/mol. The standard InChI is InChI=1S/C22H45NO3S/c1-2-3-4-5-6-7-8-9-10-11-12-13-14-15-16-17-18-19-20-21-22-26-27(23,24)25/h9-10H,2-8,11-22H2,1H3,(H2,23,24,25). The summed E-state index contributed by atoms with van der Waals surface area (Å²) in [7, 11) is -3.75. The number of hydrogen-bond acceptors (Lipinski definition) is 3. The molecular weight excluding hydrogens is 358 g/mol. The zero-order chi connectivity index (χ0) is 20.1. The molecule has 0 aliphatic rings. The minimum absolute atomic E-state index is 0.215. The highest BCUT2D eigenvalue weighted by molar-refractivity contribution is 7.84. The highest BCUT2D eigenvalue weighted by Crippen LogP contribution is 2.12. The van der Waals surface area contributed by atoms with E-state index in [1.165, 1.54) is 96.3 Å². The maximum atomic E-state index is 10.6. The fourth-order valence-electron chi connectivity index (χ4n) is 3.23. The van der Waals surface area contributed by atoms with Crippen LogP contribution >= 0.6 is 0 Å². The van der Waals surface area contributed by atoms with Gasteiger partial charge in [-0.25, -0.2) is 5.14 Å². The molecule has 5 heteroatoms.